The first-order chi connectivity index (χ1) is 12.2. The average Bonchev–Trinajstić information content (AvgIpc) is 3.22. The highest BCUT2D eigenvalue weighted by Crippen LogP contribution is 2.30. The normalized spacial score (nSPS) is 15.3. The van der Waals surface area contributed by atoms with Crippen molar-refractivity contribution in [1.29, 1.82) is 0 Å². The second-order valence-corrected chi connectivity index (χ2v) is 6.50. The van der Waals surface area contributed by atoms with Crippen LogP contribution in [0.2, 0.25) is 0 Å². The van der Waals surface area contributed by atoms with Gasteiger partial charge < -0.3 is 9.84 Å². The topological polar surface area (TPSA) is 97.9 Å². The molecular weight excluding hydrogens is 320 g/mol. The van der Waals surface area contributed by atoms with Gasteiger partial charge in [0.05, 0.1) is 11.7 Å². The zero-order valence-corrected chi connectivity index (χ0v) is 14.9. The summed E-state index contributed by atoms with van der Waals surface area (Å²) in [6, 6.07) is 2.05. The molecule has 2 N–H and O–H groups in total. The van der Waals surface area contributed by atoms with Crippen molar-refractivity contribution in [2.45, 2.75) is 64.8 Å². The second kappa shape index (κ2) is 8.13. The third kappa shape index (κ3) is 4.58. The molecule has 2 aromatic heterocycles. The van der Waals surface area contributed by atoms with Crippen molar-refractivity contribution in [3.63, 3.8) is 0 Å². The molecule has 1 aliphatic rings. The van der Waals surface area contributed by atoms with E-state index < -0.39 is 0 Å². The smallest absolute Gasteiger partial charge is 0.320 e. The summed E-state index contributed by atoms with van der Waals surface area (Å²) in [6.07, 6.45) is 7.22. The maximum Gasteiger partial charge on any atom is 0.320 e. The van der Waals surface area contributed by atoms with E-state index in [1.54, 1.807) is 0 Å². The van der Waals surface area contributed by atoms with Crippen LogP contribution in [0.3, 0.4) is 0 Å². The van der Waals surface area contributed by atoms with Crippen LogP contribution in [0.1, 0.15) is 62.5 Å². The quantitative estimate of drug-likeness (QED) is 0.838. The molecule has 0 atom stereocenters. The van der Waals surface area contributed by atoms with Crippen molar-refractivity contribution >= 4 is 11.8 Å². The fourth-order valence-corrected chi connectivity index (χ4v) is 3.19. The first-order valence-corrected chi connectivity index (χ1v) is 9.08. The van der Waals surface area contributed by atoms with Gasteiger partial charge >= 0.3 is 6.03 Å². The minimum Gasteiger partial charge on any atom is -0.339 e. The van der Waals surface area contributed by atoms with Crippen molar-refractivity contribution in [2.24, 2.45) is 0 Å². The van der Waals surface area contributed by atoms with Crippen LogP contribution >= 0.6 is 0 Å². The van der Waals surface area contributed by atoms with Crippen molar-refractivity contribution in [2.75, 3.05) is 11.9 Å². The Labute approximate surface area is 147 Å². The molecule has 0 aromatic carbocycles. The molecule has 0 unspecified atom stereocenters. The summed E-state index contributed by atoms with van der Waals surface area (Å²) in [7, 11) is 0. The molecule has 3 rings (SSSR count). The molecule has 1 fully saturated rings. The fraction of sp³-hybridized carbons (Fsp3) is 0.647. The van der Waals surface area contributed by atoms with E-state index in [9.17, 15) is 4.79 Å². The molecule has 2 heterocycles. The Balaban J connectivity index is 1.52. The van der Waals surface area contributed by atoms with Gasteiger partial charge in [-0.15, -0.1) is 0 Å². The molecule has 0 saturated heterocycles. The summed E-state index contributed by atoms with van der Waals surface area (Å²) in [5.74, 6) is 1.99. The summed E-state index contributed by atoms with van der Waals surface area (Å²) >= 11 is 0. The van der Waals surface area contributed by atoms with Crippen molar-refractivity contribution in [1.82, 2.24) is 25.2 Å². The number of aryl methyl sites for hydroxylation is 2. The highest BCUT2D eigenvalue weighted by Gasteiger charge is 2.20. The summed E-state index contributed by atoms with van der Waals surface area (Å²) < 4.78 is 7.08. The third-order valence-electron chi connectivity index (χ3n) is 4.47. The maximum absolute atomic E-state index is 12.2. The van der Waals surface area contributed by atoms with Gasteiger partial charge in [-0.1, -0.05) is 31.3 Å². The predicted molar refractivity (Wildman–Crippen MR) is 93.5 cm³/mol. The van der Waals surface area contributed by atoms with E-state index in [0.29, 0.717) is 30.7 Å². The monoisotopic (exact) mass is 346 g/mol. The molecule has 0 aliphatic heterocycles. The first-order valence-electron chi connectivity index (χ1n) is 9.08. The highest BCUT2D eigenvalue weighted by atomic mass is 16.5. The van der Waals surface area contributed by atoms with Crippen LogP contribution in [0.4, 0.5) is 10.6 Å². The van der Waals surface area contributed by atoms with Gasteiger partial charge in [-0.05, 0) is 19.8 Å². The lowest BCUT2D eigenvalue weighted by molar-refractivity contribution is 0.251. The molecule has 2 aromatic rings. The summed E-state index contributed by atoms with van der Waals surface area (Å²) in [5.41, 5.74) is 0.916. The molecular formula is C17H26N6O2. The number of hydrogen-bond donors (Lipinski definition) is 2. The Kier molecular flexibility index (Phi) is 5.67. The van der Waals surface area contributed by atoms with E-state index in [4.69, 9.17) is 4.52 Å². The molecule has 0 radical (unpaired) electrons. The number of urea groups is 1. The van der Waals surface area contributed by atoms with Crippen LogP contribution in [-0.2, 0) is 12.8 Å². The number of nitrogens with zero attached hydrogens (tertiary/aromatic N) is 4. The van der Waals surface area contributed by atoms with Gasteiger partial charge in [0.2, 0.25) is 5.89 Å². The molecule has 136 valence electrons. The summed E-state index contributed by atoms with van der Waals surface area (Å²) in [4.78, 5) is 16.4. The van der Waals surface area contributed by atoms with Crippen molar-refractivity contribution in [3.8, 4) is 0 Å². The number of hydrogen-bond acceptors (Lipinski definition) is 5. The van der Waals surface area contributed by atoms with E-state index >= 15 is 0 Å². The summed E-state index contributed by atoms with van der Waals surface area (Å²) in [5, 5.41) is 14.2. The first kappa shape index (κ1) is 17.4. The zero-order valence-electron chi connectivity index (χ0n) is 14.9. The Morgan fingerprint density at radius 1 is 1.36 bits per heavy atom. The third-order valence-corrected chi connectivity index (χ3v) is 4.47. The van der Waals surface area contributed by atoms with E-state index in [0.717, 1.165) is 30.8 Å². The molecule has 1 aliphatic carbocycles. The molecule has 25 heavy (non-hydrogen) atoms. The van der Waals surface area contributed by atoms with Gasteiger partial charge in [0.1, 0.15) is 5.82 Å². The number of anilines is 1. The van der Waals surface area contributed by atoms with Crippen LogP contribution < -0.4 is 10.6 Å². The second-order valence-electron chi connectivity index (χ2n) is 6.50. The molecule has 0 spiro atoms. The van der Waals surface area contributed by atoms with Crippen molar-refractivity contribution < 1.29 is 9.32 Å². The Morgan fingerprint density at radius 2 is 2.16 bits per heavy atom. The number of carbonyl (C=O) groups is 1. The molecule has 2 amide bonds. The minimum atomic E-state index is -0.243. The highest BCUT2D eigenvalue weighted by molar-refractivity contribution is 5.88. The molecule has 0 bridgehead atoms. The van der Waals surface area contributed by atoms with Gasteiger partial charge in [0.25, 0.3) is 0 Å². The average molecular weight is 346 g/mol. The molecule has 8 heteroatoms. The lowest BCUT2D eigenvalue weighted by Crippen LogP contribution is -2.32. The number of rotatable bonds is 6. The van der Waals surface area contributed by atoms with Crippen LogP contribution in [0.15, 0.2) is 10.6 Å². The standard InChI is InChI=1S/C17H26N6O2/c1-3-14-19-16(25-22-14)9-10-18-17(24)20-15-11-12(2)21-23(15)13-7-5-4-6-8-13/h11,13H,3-10H2,1-2H3,(H2,18,20,24). The molecule has 1 saturated carbocycles. The van der Waals surface area contributed by atoms with Gasteiger partial charge in [-0.2, -0.15) is 10.1 Å². The van der Waals surface area contributed by atoms with Crippen LogP contribution in [0.25, 0.3) is 0 Å². The van der Waals surface area contributed by atoms with Crippen LogP contribution in [0, 0.1) is 6.92 Å². The lowest BCUT2D eigenvalue weighted by atomic mass is 9.96. The number of nitrogens with one attached hydrogen (secondary N) is 2. The van der Waals surface area contributed by atoms with Gasteiger partial charge in [-0.25, -0.2) is 9.48 Å². The SMILES string of the molecule is CCc1noc(CCNC(=O)Nc2cc(C)nn2C2CCCCC2)n1. The van der Waals surface area contributed by atoms with E-state index in [2.05, 4.69) is 25.9 Å². The number of aromatic nitrogens is 4. The van der Waals surface area contributed by atoms with E-state index in [1.807, 2.05) is 24.6 Å². The van der Waals surface area contributed by atoms with Gasteiger partial charge in [0, 0.05) is 25.5 Å². The van der Waals surface area contributed by atoms with Gasteiger partial charge in [0.15, 0.2) is 5.82 Å². The van der Waals surface area contributed by atoms with E-state index in [-0.39, 0.29) is 6.03 Å². The Morgan fingerprint density at radius 3 is 2.88 bits per heavy atom. The largest absolute Gasteiger partial charge is 0.339 e. The minimum absolute atomic E-state index is 0.243. The predicted octanol–water partition coefficient (Wildman–Crippen LogP) is 3.01. The number of carbonyl (C=O) groups excluding carboxylic acids is 1. The lowest BCUT2D eigenvalue weighted by Gasteiger charge is -2.23. The maximum atomic E-state index is 12.2. The zero-order chi connectivity index (χ0) is 17.6. The van der Waals surface area contributed by atoms with E-state index in [1.165, 1.54) is 19.3 Å². The van der Waals surface area contributed by atoms with Crippen molar-refractivity contribution in [3.05, 3.63) is 23.5 Å². The Hall–Kier alpha value is -2.38. The molecule has 8 nitrogen and oxygen atoms in total. The van der Waals surface area contributed by atoms with Crippen LogP contribution in [0.5, 0.6) is 0 Å². The Bertz CT molecular complexity index is 702. The fourth-order valence-electron chi connectivity index (χ4n) is 3.19. The van der Waals surface area contributed by atoms with Crippen LogP contribution in [-0.4, -0.2) is 32.5 Å². The summed E-state index contributed by atoms with van der Waals surface area (Å²) in [6.45, 7) is 4.36. The van der Waals surface area contributed by atoms with Gasteiger partial charge in [-0.3, -0.25) is 5.32 Å². The number of amides is 2.